The third kappa shape index (κ3) is 5.15. The topological polar surface area (TPSA) is 113 Å². The Morgan fingerprint density at radius 2 is 2.16 bits per heavy atom. The van der Waals surface area contributed by atoms with Gasteiger partial charge in [0, 0.05) is 19.5 Å². The van der Waals surface area contributed by atoms with Gasteiger partial charge < -0.3 is 21.1 Å². The van der Waals surface area contributed by atoms with Gasteiger partial charge in [-0.3, -0.25) is 4.79 Å². The minimum absolute atomic E-state index is 0.0137. The molecule has 1 aliphatic rings. The van der Waals surface area contributed by atoms with Crippen LogP contribution in [0.25, 0.3) is 0 Å². The number of nitrogens with one attached hydrogen (secondary N) is 1. The molecule has 2 atom stereocenters. The SMILES string of the molecule is CC1CCCN(C(=O)N[C@H](CCC(N)=O)C(=O)O)C1. The fourth-order valence-electron chi connectivity index (χ4n) is 2.16. The van der Waals surface area contributed by atoms with Crippen LogP contribution in [0.4, 0.5) is 4.79 Å². The molecule has 0 saturated carbocycles. The number of hydrogen-bond donors (Lipinski definition) is 3. The predicted octanol–water partition coefficient (Wildman–Crippen LogP) is 0.147. The summed E-state index contributed by atoms with van der Waals surface area (Å²) in [7, 11) is 0. The number of urea groups is 1. The lowest BCUT2D eigenvalue weighted by Gasteiger charge is -2.31. The lowest BCUT2D eigenvalue weighted by molar-refractivity contribution is -0.139. The van der Waals surface area contributed by atoms with Gasteiger partial charge in [0.2, 0.25) is 5.91 Å². The molecule has 0 spiro atoms. The van der Waals surface area contributed by atoms with Gasteiger partial charge in [-0.1, -0.05) is 6.92 Å². The van der Waals surface area contributed by atoms with Crippen LogP contribution in [0.15, 0.2) is 0 Å². The molecule has 1 rings (SSSR count). The van der Waals surface area contributed by atoms with Gasteiger partial charge >= 0.3 is 12.0 Å². The lowest BCUT2D eigenvalue weighted by Crippen LogP contribution is -2.50. The van der Waals surface area contributed by atoms with E-state index in [1.165, 1.54) is 0 Å². The highest BCUT2D eigenvalue weighted by molar-refractivity contribution is 5.83. The van der Waals surface area contributed by atoms with Gasteiger partial charge in [-0.2, -0.15) is 0 Å². The Kier molecular flexibility index (Phi) is 5.59. The van der Waals surface area contributed by atoms with E-state index in [0.29, 0.717) is 19.0 Å². The zero-order valence-electron chi connectivity index (χ0n) is 11.1. The number of nitrogens with two attached hydrogens (primary N) is 1. The minimum atomic E-state index is -1.15. The van der Waals surface area contributed by atoms with E-state index in [0.717, 1.165) is 12.8 Å². The second-order valence-electron chi connectivity index (χ2n) is 5.04. The predicted molar refractivity (Wildman–Crippen MR) is 68.4 cm³/mol. The van der Waals surface area contributed by atoms with Crippen molar-refractivity contribution in [3.05, 3.63) is 0 Å². The number of carboxylic acids is 1. The van der Waals surface area contributed by atoms with Crippen molar-refractivity contribution in [1.29, 1.82) is 0 Å². The maximum absolute atomic E-state index is 11.9. The summed E-state index contributed by atoms with van der Waals surface area (Å²) in [5.41, 5.74) is 4.98. The van der Waals surface area contributed by atoms with E-state index in [1.807, 2.05) is 0 Å². The smallest absolute Gasteiger partial charge is 0.326 e. The number of amides is 3. The average molecular weight is 271 g/mol. The van der Waals surface area contributed by atoms with Crippen LogP contribution in [0.1, 0.15) is 32.6 Å². The van der Waals surface area contributed by atoms with Crippen LogP contribution in [-0.2, 0) is 9.59 Å². The molecule has 4 N–H and O–H groups in total. The monoisotopic (exact) mass is 271 g/mol. The summed E-state index contributed by atoms with van der Waals surface area (Å²) >= 11 is 0. The molecule has 0 aromatic carbocycles. The summed E-state index contributed by atoms with van der Waals surface area (Å²) in [6.07, 6.45) is 1.95. The molecule has 0 aliphatic carbocycles. The Balaban J connectivity index is 2.50. The number of nitrogens with zero attached hydrogens (tertiary/aromatic N) is 1. The quantitative estimate of drug-likeness (QED) is 0.660. The highest BCUT2D eigenvalue weighted by Gasteiger charge is 2.26. The number of likely N-dealkylation sites (tertiary alicyclic amines) is 1. The fourth-order valence-corrected chi connectivity index (χ4v) is 2.16. The molecule has 1 saturated heterocycles. The zero-order valence-corrected chi connectivity index (χ0v) is 11.1. The summed E-state index contributed by atoms with van der Waals surface area (Å²) in [4.78, 5) is 35.2. The van der Waals surface area contributed by atoms with Crippen molar-refractivity contribution in [2.45, 2.75) is 38.6 Å². The molecule has 108 valence electrons. The third-order valence-electron chi connectivity index (χ3n) is 3.22. The molecular weight excluding hydrogens is 250 g/mol. The van der Waals surface area contributed by atoms with E-state index < -0.39 is 17.9 Å². The fraction of sp³-hybridized carbons (Fsp3) is 0.750. The zero-order chi connectivity index (χ0) is 14.4. The number of carbonyl (C=O) groups is 3. The summed E-state index contributed by atoms with van der Waals surface area (Å²) < 4.78 is 0. The van der Waals surface area contributed by atoms with Crippen molar-refractivity contribution < 1.29 is 19.5 Å². The first-order valence-corrected chi connectivity index (χ1v) is 6.46. The number of hydrogen-bond acceptors (Lipinski definition) is 3. The van der Waals surface area contributed by atoms with Crippen LogP contribution in [0.5, 0.6) is 0 Å². The van der Waals surface area contributed by atoms with Gasteiger partial charge in [0.25, 0.3) is 0 Å². The highest BCUT2D eigenvalue weighted by Crippen LogP contribution is 2.15. The van der Waals surface area contributed by atoms with Gasteiger partial charge in [0.1, 0.15) is 6.04 Å². The lowest BCUT2D eigenvalue weighted by atomic mass is 10.0. The van der Waals surface area contributed by atoms with Crippen LogP contribution < -0.4 is 11.1 Å². The van der Waals surface area contributed by atoms with Crippen molar-refractivity contribution in [3.8, 4) is 0 Å². The standard InChI is InChI=1S/C12H21N3O4/c1-8-3-2-6-15(7-8)12(19)14-9(11(17)18)4-5-10(13)16/h8-9H,2-7H2,1H3,(H2,13,16)(H,14,19)(H,17,18)/t8?,9-/m1/s1. The minimum Gasteiger partial charge on any atom is -0.480 e. The molecule has 0 bridgehead atoms. The number of aliphatic carboxylic acids is 1. The molecule has 0 radical (unpaired) electrons. The van der Waals surface area contributed by atoms with Crippen LogP contribution in [0, 0.1) is 5.92 Å². The first-order valence-electron chi connectivity index (χ1n) is 6.46. The Hall–Kier alpha value is -1.79. The average Bonchev–Trinajstić information content (AvgIpc) is 2.33. The molecule has 1 unspecified atom stereocenters. The number of carbonyl (C=O) groups excluding carboxylic acids is 2. The summed E-state index contributed by atoms with van der Waals surface area (Å²) in [5, 5.41) is 11.4. The molecule has 1 heterocycles. The van der Waals surface area contributed by atoms with Crippen molar-refractivity contribution in [2.24, 2.45) is 11.7 Å². The summed E-state index contributed by atoms with van der Waals surface area (Å²) in [6.45, 7) is 3.33. The first kappa shape index (κ1) is 15.3. The normalized spacial score (nSPS) is 20.7. The first-order chi connectivity index (χ1) is 8.90. The molecule has 7 heteroatoms. The van der Waals surface area contributed by atoms with Gasteiger partial charge in [0.15, 0.2) is 0 Å². The van der Waals surface area contributed by atoms with E-state index in [2.05, 4.69) is 12.2 Å². The van der Waals surface area contributed by atoms with E-state index >= 15 is 0 Å². The third-order valence-corrected chi connectivity index (χ3v) is 3.22. The second-order valence-corrected chi connectivity index (χ2v) is 5.04. The van der Waals surface area contributed by atoms with Crippen LogP contribution >= 0.6 is 0 Å². The largest absolute Gasteiger partial charge is 0.480 e. The van der Waals surface area contributed by atoms with E-state index in [-0.39, 0.29) is 18.9 Å². The Morgan fingerprint density at radius 1 is 1.47 bits per heavy atom. The molecular formula is C12H21N3O4. The van der Waals surface area contributed by atoms with Gasteiger partial charge in [-0.05, 0) is 25.2 Å². The number of piperidine rings is 1. The van der Waals surface area contributed by atoms with E-state index in [4.69, 9.17) is 10.8 Å². The summed E-state index contributed by atoms with van der Waals surface area (Å²) in [6, 6.07) is -1.46. The number of primary amides is 1. The molecule has 0 aromatic rings. The Labute approximate surface area is 112 Å². The van der Waals surface area contributed by atoms with Gasteiger partial charge in [0.05, 0.1) is 0 Å². The van der Waals surface area contributed by atoms with Crippen molar-refractivity contribution >= 4 is 17.9 Å². The molecule has 1 fully saturated rings. The van der Waals surface area contributed by atoms with Crippen molar-refractivity contribution in [1.82, 2.24) is 10.2 Å². The maximum atomic E-state index is 11.9. The Morgan fingerprint density at radius 3 is 2.68 bits per heavy atom. The molecule has 3 amide bonds. The van der Waals surface area contributed by atoms with Gasteiger partial charge in [-0.25, -0.2) is 9.59 Å². The highest BCUT2D eigenvalue weighted by atomic mass is 16.4. The van der Waals surface area contributed by atoms with Crippen LogP contribution in [-0.4, -0.2) is 47.0 Å². The van der Waals surface area contributed by atoms with Crippen LogP contribution in [0.2, 0.25) is 0 Å². The maximum Gasteiger partial charge on any atom is 0.326 e. The molecule has 7 nitrogen and oxygen atoms in total. The van der Waals surface area contributed by atoms with Gasteiger partial charge in [-0.15, -0.1) is 0 Å². The number of rotatable bonds is 5. The molecule has 1 aliphatic heterocycles. The molecule has 0 aromatic heterocycles. The van der Waals surface area contributed by atoms with E-state index in [9.17, 15) is 14.4 Å². The van der Waals surface area contributed by atoms with Crippen LogP contribution in [0.3, 0.4) is 0 Å². The van der Waals surface area contributed by atoms with Crippen molar-refractivity contribution in [3.63, 3.8) is 0 Å². The number of carboxylic acid groups (broad SMARTS) is 1. The Bertz CT molecular complexity index is 359. The second kappa shape index (κ2) is 6.96. The summed E-state index contributed by atoms with van der Waals surface area (Å²) in [5.74, 6) is -1.31. The molecule has 19 heavy (non-hydrogen) atoms. The van der Waals surface area contributed by atoms with E-state index in [1.54, 1.807) is 4.90 Å². The van der Waals surface area contributed by atoms with Crippen molar-refractivity contribution in [2.75, 3.05) is 13.1 Å².